The number of aromatic hydroxyl groups is 2. The Bertz CT molecular complexity index is 2250. The van der Waals surface area contributed by atoms with Crippen LogP contribution in [0.25, 0.3) is 33.4 Å². The SMILES string of the molecule is Bc1c(B)c(O)c(N(c2cccc(-c3ccccc3)c2)c2c3c(c(C)c4c2C(C)(C)c2ccccc2-4)-c2ccccc2C3(C)C)c(B)c1O. The molecular formula is C43H40B3NO2. The number of hydrogen-bond donors (Lipinski definition) is 2. The fourth-order valence-electron chi connectivity index (χ4n) is 8.94. The highest BCUT2D eigenvalue weighted by atomic mass is 16.3. The molecule has 2 N–H and O–H groups in total. The summed E-state index contributed by atoms with van der Waals surface area (Å²) in [4.78, 5) is 2.28. The lowest BCUT2D eigenvalue weighted by Crippen LogP contribution is -2.35. The number of rotatable bonds is 4. The van der Waals surface area contributed by atoms with Crippen LogP contribution in [0.15, 0.2) is 103 Å². The fourth-order valence-corrected chi connectivity index (χ4v) is 8.94. The number of phenolic OH excluding ortho intramolecular Hbond substituents is 2. The molecule has 8 rings (SSSR count). The van der Waals surface area contributed by atoms with E-state index in [2.05, 4.69) is 137 Å². The van der Waals surface area contributed by atoms with Crippen molar-refractivity contribution in [3.05, 3.63) is 131 Å². The first-order valence-electron chi connectivity index (χ1n) is 17.3. The van der Waals surface area contributed by atoms with Gasteiger partial charge in [0, 0.05) is 16.5 Å². The minimum Gasteiger partial charge on any atom is -0.509 e. The van der Waals surface area contributed by atoms with Gasteiger partial charge in [0.05, 0.1) is 11.4 Å². The van der Waals surface area contributed by atoms with Crippen molar-refractivity contribution in [3.8, 4) is 44.9 Å². The van der Waals surface area contributed by atoms with E-state index in [9.17, 15) is 10.2 Å². The number of hydrogen-bond acceptors (Lipinski definition) is 3. The first-order valence-corrected chi connectivity index (χ1v) is 17.3. The van der Waals surface area contributed by atoms with Crippen LogP contribution in [0.2, 0.25) is 0 Å². The van der Waals surface area contributed by atoms with Crippen LogP contribution in [-0.2, 0) is 10.8 Å². The van der Waals surface area contributed by atoms with Gasteiger partial charge in [-0.1, -0.05) is 124 Å². The van der Waals surface area contributed by atoms with Crippen molar-refractivity contribution in [1.29, 1.82) is 0 Å². The molecule has 0 aromatic heterocycles. The van der Waals surface area contributed by atoms with Gasteiger partial charge in [-0.25, -0.2) is 0 Å². The van der Waals surface area contributed by atoms with E-state index in [1.165, 1.54) is 50.1 Å². The molecule has 0 aliphatic heterocycles. The van der Waals surface area contributed by atoms with Crippen molar-refractivity contribution >= 4 is 57.0 Å². The molecule has 238 valence electrons. The molecule has 0 heterocycles. The molecule has 49 heavy (non-hydrogen) atoms. The highest BCUT2D eigenvalue weighted by Crippen LogP contribution is 2.64. The minimum atomic E-state index is -0.355. The maximum absolute atomic E-state index is 12.3. The van der Waals surface area contributed by atoms with Gasteiger partial charge in [0.15, 0.2) is 0 Å². The predicted molar refractivity (Wildman–Crippen MR) is 214 cm³/mol. The van der Waals surface area contributed by atoms with Gasteiger partial charge in [-0.2, -0.15) is 0 Å². The van der Waals surface area contributed by atoms with Crippen molar-refractivity contribution < 1.29 is 10.2 Å². The Balaban J connectivity index is 1.60. The zero-order chi connectivity index (χ0) is 34.6. The zero-order valence-corrected chi connectivity index (χ0v) is 29.7. The molecule has 6 aromatic rings. The number of phenols is 2. The van der Waals surface area contributed by atoms with Crippen molar-refractivity contribution in [2.24, 2.45) is 0 Å². The molecule has 3 nitrogen and oxygen atoms in total. The summed E-state index contributed by atoms with van der Waals surface area (Å²) in [6, 6.07) is 36.7. The van der Waals surface area contributed by atoms with Crippen LogP contribution in [0.3, 0.4) is 0 Å². The average Bonchev–Trinajstić information content (AvgIpc) is 3.50. The Morgan fingerprint density at radius 1 is 0.531 bits per heavy atom. The Labute approximate surface area is 292 Å². The summed E-state index contributed by atoms with van der Waals surface area (Å²) in [6.45, 7) is 11.6. The summed E-state index contributed by atoms with van der Waals surface area (Å²) in [6.07, 6.45) is 0. The number of anilines is 3. The summed E-state index contributed by atoms with van der Waals surface area (Å²) in [5, 5.41) is 23.9. The molecule has 0 spiro atoms. The molecule has 0 bridgehead atoms. The number of benzene rings is 6. The quantitative estimate of drug-likeness (QED) is 0.187. The van der Waals surface area contributed by atoms with Gasteiger partial charge in [-0.15, -0.1) is 0 Å². The third-order valence-electron chi connectivity index (χ3n) is 11.6. The Morgan fingerprint density at radius 3 is 1.59 bits per heavy atom. The molecule has 6 aromatic carbocycles. The predicted octanol–water partition coefficient (Wildman–Crippen LogP) is 5.93. The van der Waals surface area contributed by atoms with Crippen LogP contribution in [0, 0.1) is 6.92 Å². The van der Waals surface area contributed by atoms with Crippen LogP contribution >= 0.6 is 0 Å². The van der Waals surface area contributed by atoms with E-state index in [0.29, 0.717) is 22.1 Å². The molecule has 0 saturated heterocycles. The minimum absolute atomic E-state index is 0.183. The summed E-state index contributed by atoms with van der Waals surface area (Å²) >= 11 is 0. The lowest BCUT2D eigenvalue weighted by atomic mass is 9.72. The average molecular weight is 635 g/mol. The molecule has 2 aliphatic carbocycles. The van der Waals surface area contributed by atoms with Gasteiger partial charge >= 0.3 is 0 Å². The second kappa shape index (κ2) is 10.7. The van der Waals surface area contributed by atoms with Crippen LogP contribution < -0.4 is 21.3 Å². The molecule has 0 atom stereocenters. The first kappa shape index (κ1) is 31.2. The fraction of sp³-hybridized carbons (Fsp3) is 0.163. The lowest BCUT2D eigenvalue weighted by Gasteiger charge is -2.39. The Hall–Kier alpha value is -5.09. The lowest BCUT2D eigenvalue weighted by molar-refractivity contribution is 0.471. The maximum atomic E-state index is 12.3. The largest absolute Gasteiger partial charge is 0.509 e. The van der Waals surface area contributed by atoms with Crippen molar-refractivity contribution in [1.82, 2.24) is 0 Å². The standard InChI is InChI=1S/C43H40B3NO2/c1-23-31-27-18-9-11-20-29(27)42(2,3)33(31)38(34-32(23)28-19-10-12-21-30(28)43(34,4)5)47(39-37(46)40(48)35(44)36(45)41(39)49)26-17-13-16-25(22-26)24-14-7-6-8-15-24/h6-22,48-49H,44-46H2,1-5H3. The van der Waals surface area contributed by atoms with E-state index in [0.717, 1.165) is 22.5 Å². The maximum Gasteiger partial charge on any atom is 0.147 e. The number of nitrogens with zero attached hydrogens (tertiary/aromatic N) is 1. The molecule has 0 radical (unpaired) electrons. The Kier molecular flexibility index (Phi) is 6.82. The van der Waals surface area contributed by atoms with Crippen LogP contribution in [0.1, 0.15) is 55.5 Å². The van der Waals surface area contributed by atoms with Crippen molar-refractivity contribution in [2.75, 3.05) is 4.90 Å². The molecule has 2 aliphatic rings. The van der Waals surface area contributed by atoms with E-state index in [-0.39, 0.29) is 22.3 Å². The van der Waals surface area contributed by atoms with E-state index in [4.69, 9.17) is 0 Å². The smallest absolute Gasteiger partial charge is 0.147 e. The van der Waals surface area contributed by atoms with Gasteiger partial charge in [0.2, 0.25) is 0 Å². The van der Waals surface area contributed by atoms with E-state index >= 15 is 0 Å². The monoisotopic (exact) mass is 635 g/mol. The first-order chi connectivity index (χ1) is 23.4. The molecule has 0 fully saturated rings. The second-order valence-electron chi connectivity index (χ2n) is 15.0. The summed E-state index contributed by atoms with van der Waals surface area (Å²) in [7, 11) is 5.71. The molecule has 6 heteroatoms. The van der Waals surface area contributed by atoms with E-state index < -0.39 is 0 Å². The number of fused-ring (bicyclic) bond motifs is 6. The molecule has 0 amide bonds. The summed E-state index contributed by atoms with van der Waals surface area (Å²) < 4.78 is 0. The topological polar surface area (TPSA) is 43.7 Å². The van der Waals surface area contributed by atoms with Gasteiger partial charge in [0.1, 0.15) is 35.0 Å². The van der Waals surface area contributed by atoms with Gasteiger partial charge in [-0.3, -0.25) is 0 Å². The third-order valence-corrected chi connectivity index (χ3v) is 11.6. The second-order valence-corrected chi connectivity index (χ2v) is 15.0. The van der Waals surface area contributed by atoms with Crippen LogP contribution in [-0.4, -0.2) is 33.8 Å². The van der Waals surface area contributed by atoms with E-state index in [1.54, 1.807) is 0 Å². The molecule has 0 unspecified atom stereocenters. The van der Waals surface area contributed by atoms with Crippen LogP contribution in [0.4, 0.5) is 17.1 Å². The van der Waals surface area contributed by atoms with Crippen molar-refractivity contribution in [3.63, 3.8) is 0 Å². The summed E-state index contributed by atoms with van der Waals surface area (Å²) in [5.41, 5.74) is 17.5. The van der Waals surface area contributed by atoms with Crippen molar-refractivity contribution in [2.45, 2.75) is 45.4 Å². The highest BCUT2D eigenvalue weighted by Gasteiger charge is 2.48. The zero-order valence-electron chi connectivity index (χ0n) is 29.7. The molecular weight excluding hydrogens is 595 g/mol. The van der Waals surface area contributed by atoms with Gasteiger partial charge in [-0.05, 0) is 91.2 Å². The Morgan fingerprint density at radius 2 is 1.02 bits per heavy atom. The summed E-state index contributed by atoms with van der Waals surface area (Å²) in [5.74, 6) is 0.391. The van der Waals surface area contributed by atoms with Crippen LogP contribution in [0.5, 0.6) is 11.5 Å². The van der Waals surface area contributed by atoms with E-state index in [1.807, 2.05) is 29.6 Å². The molecule has 0 saturated carbocycles. The van der Waals surface area contributed by atoms with Gasteiger partial charge < -0.3 is 15.1 Å². The normalized spacial score (nSPS) is 14.6. The third kappa shape index (κ3) is 4.19. The van der Waals surface area contributed by atoms with Gasteiger partial charge in [0.25, 0.3) is 0 Å². The highest BCUT2D eigenvalue weighted by molar-refractivity contribution is 6.55.